The molecule has 0 saturated heterocycles. The van der Waals surface area contributed by atoms with E-state index in [0.717, 1.165) is 0 Å². The van der Waals surface area contributed by atoms with Crippen LogP contribution in [0.15, 0.2) is 18.5 Å². The summed E-state index contributed by atoms with van der Waals surface area (Å²) in [6.07, 6.45) is 1.63. The summed E-state index contributed by atoms with van der Waals surface area (Å²) in [6.45, 7) is 3.64. The molecule has 1 unspecified atom stereocenters. The van der Waals surface area contributed by atoms with Crippen LogP contribution in [-0.2, 0) is 4.79 Å². The highest BCUT2D eigenvalue weighted by Gasteiger charge is 2.18. The van der Waals surface area contributed by atoms with Crippen LogP contribution in [0.3, 0.4) is 0 Å². The van der Waals surface area contributed by atoms with Crippen LogP contribution in [0.4, 0.5) is 0 Å². The number of amides is 1. The molecular formula is C10H13ClN2O2. The van der Waals surface area contributed by atoms with E-state index in [9.17, 15) is 9.90 Å². The van der Waals surface area contributed by atoms with Crippen LogP contribution in [0, 0.1) is 0 Å². The summed E-state index contributed by atoms with van der Waals surface area (Å²) in [7, 11) is 0. The number of nitrogens with zero attached hydrogens (tertiary/aromatic N) is 1. The molecule has 1 aromatic heterocycles. The summed E-state index contributed by atoms with van der Waals surface area (Å²) in [5, 5.41) is 12.6. The number of hydrogen-bond acceptors (Lipinski definition) is 3. The third-order valence-electron chi connectivity index (χ3n) is 1.72. The first kappa shape index (κ1) is 11.9. The second-order valence-corrected chi connectivity index (χ2v) is 3.94. The lowest BCUT2D eigenvalue weighted by molar-refractivity contribution is -0.130. The smallest absolute Gasteiger partial charge is 0.253 e. The number of aromatic nitrogens is 1. The van der Waals surface area contributed by atoms with E-state index in [4.69, 9.17) is 11.6 Å². The molecule has 0 spiro atoms. The van der Waals surface area contributed by atoms with Crippen molar-refractivity contribution < 1.29 is 9.90 Å². The molecule has 5 heteroatoms. The Morgan fingerprint density at radius 2 is 2.20 bits per heavy atom. The second kappa shape index (κ2) is 5.09. The normalized spacial score (nSPS) is 12.6. The number of rotatable bonds is 3. The molecule has 0 saturated carbocycles. The van der Waals surface area contributed by atoms with Crippen LogP contribution in [0.25, 0.3) is 0 Å². The van der Waals surface area contributed by atoms with Gasteiger partial charge in [0, 0.05) is 24.0 Å². The van der Waals surface area contributed by atoms with Crippen LogP contribution >= 0.6 is 11.6 Å². The zero-order valence-corrected chi connectivity index (χ0v) is 9.32. The zero-order valence-electron chi connectivity index (χ0n) is 8.57. The van der Waals surface area contributed by atoms with Gasteiger partial charge in [0.05, 0.1) is 5.02 Å². The monoisotopic (exact) mass is 228 g/mol. The molecule has 0 radical (unpaired) electrons. The van der Waals surface area contributed by atoms with Crippen LogP contribution in [0.1, 0.15) is 25.5 Å². The molecule has 1 aromatic rings. The van der Waals surface area contributed by atoms with E-state index >= 15 is 0 Å². The van der Waals surface area contributed by atoms with Crippen LogP contribution < -0.4 is 5.32 Å². The Morgan fingerprint density at radius 3 is 2.73 bits per heavy atom. The number of pyridine rings is 1. The number of hydrogen-bond donors (Lipinski definition) is 2. The summed E-state index contributed by atoms with van der Waals surface area (Å²) in [5.74, 6) is -0.450. The van der Waals surface area contributed by atoms with Gasteiger partial charge in [0.1, 0.15) is 0 Å². The number of aliphatic hydroxyl groups is 1. The highest BCUT2D eigenvalue weighted by atomic mass is 35.5. The van der Waals surface area contributed by atoms with Crippen LogP contribution in [0.2, 0.25) is 5.02 Å². The second-order valence-electron chi connectivity index (χ2n) is 3.50. The lowest BCUT2D eigenvalue weighted by atomic mass is 10.1. The first-order valence-corrected chi connectivity index (χ1v) is 4.97. The van der Waals surface area contributed by atoms with E-state index in [-0.39, 0.29) is 6.04 Å². The van der Waals surface area contributed by atoms with Gasteiger partial charge in [-0.25, -0.2) is 0 Å². The minimum absolute atomic E-state index is 0.0145. The molecule has 15 heavy (non-hydrogen) atoms. The molecule has 0 bridgehead atoms. The fourth-order valence-electron chi connectivity index (χ4n) is 1.09. The third kappa shape index (κ3) is 3.49. The fraction of sp³-hybridized carbons (Fsp3) is 0.400. The SMILES string of the molecule is CC(C)NC(=O)C(O)c1cncc(Cl)c1. The first-order valence-electron chi connectivity index (χ1n) is 4.59. The Bertz CT molecular complexity index is 355. The van der Waals surface area contributed by atoms with E-state index in [2.05, 4.69) is 10.3 Å². The number of halogens is 1. The number of carbonyl (C=O) groups excluding carboxylic acids is 1. The number of aliphatic hydroxyl groups excluding tert-OH is 1. The lowest BCUT2D eigenvalue weighted by Gasteiger charge is -2.13. The van der Waals surface area contributed by atoms with Crippen LogP contribution in [-0.4, -0.2) is 22.0 Å². The Kier molecular flexibility index (Phi) is 4.05. The molecule has 0 fully saturated rings. The summed E-state index contributed by atoms with van der Waals surface area (Å²) >= 11 is 5.69. The molecule has 1 amide bonds. The van der Waals surface area contributed by atoms with Gasteiger partial charge in [-0.05, 0) is 19.9 Å². The standard InChI is InChI=1S/C10H13ClN2O2/c1-6(2)13-10(15)9(14)7-3-8(11)5-12-4-7/h3-6,9,14H,1-2H3,(H,13,15). The van der Waals surface area contributed by atoms with Crippen molar-refractivity contribution in [3.8, 4) is 0 Å². The van der Waals surface area contributed by atoms with Crippen molar-refractivity contribution in [1.29, 1.82) is 0 Å². The van der Waals surface area contributed by atoms with E-state index in [1.807, 2.05) is 13.8 Å². The van der Waals surface area contributed by atoms with Crippen molar-refractivity contribution in [2.24, 2.45) is 0 Å². The van der Waals surface area contributed by atoms with Gasteiger partial charge in [-0.1, -0.05) is 11.6 Å². The van der Waals surface area contributed by atoms with E-state index in [1.54, 1.807) is 0 Å². The molecule has 4 nitrogen and oxygen atoms in total. The summed E-state index contributed by atoms with van der Waals surface area (Å²) in [4.78, 5) is 15.2. The highest BCUT2D eigenvalue weighted by molar-refractivity contribution is 6.30. The van der Waals surface area contributed by atoms with E-state index < -0.39 is 12.0 Å². The van der Waals surface area contributed by atoms with Crippen molar-refractivity contribution in [2.75, 3.05) is 0 Å². The predicted octanol–water partition coefficient (Wildman–Crippen LogP) is 1.29. The fourth-order valence-corrected chi connectivity index (χ4v) is 1.27. The average molecular weight is 229 g/mol. The molecule has 1 heterocycles. The summed E-state index contributed by atoms with van der Waals surface area (Å²) in [5.41, 5.74) is 0.389. The molecule has 0 aliphatic carbocycles. The van der Waals surface area contributed by atoms with Crippen molar-refractivity contribution in [2.45, 2.75) is 26.0 Å². The molecular weight excluding hydrogens is 216 g/mol. The molecule has 0 aliphatic rings. The van der Waals surface area contributed by atoms with Crippen molar-refractivity contribution in [3.05, 3.63) is 29.0 Å². The minimum atomic E-state index is -1.22. The molecule has 1 rings (SSSR count). The van der Waals surface area contributed by atoms with Gasteiger partial charge in [0.25, 0.3) is 5.91 Å². The van der Waals surface area contributed by atoms with Crippen molar-refractivity contribution in [3.63, 3.8) is 0 Å². The maximum atomic E-state index is 11.4. The van der Waals surface area contributed by atoms with Gasteiger partial charge in [0.15, 0.2) is 6.10 Å². The van der Waals surface area contributed by atoms with Gasteiger partial charge in [0.2, 0.25) is 0 Å². The third-order valence-corrected chi connectivity index (χ3v) is 1.93. The lowest BCUT2D eigenvalue weighted by Crippen LogP contribution is -2.34. The Balaban J connectivity index is 2.76. The quantitative estimate of drug-likeness (QED) is 0.820. The van der Waals surface area contributed by atoms with Crippen molar-refractivity contribution >= 4 is 17.5 Å². The summed E-state index contributed by atoms with van der Waals surface area (Å²) in [6, 6.07) is 1.50. The molecule has 1 atom stereocenters. The molecule has 0 aromatic carbocycles. The van der Waals surface area contributed by atoms with Gasteiger partial charge in [-0.2, -0.15) is 0 Å². The number of nitrogens with one attached hydrogen (secondary N) is 1. The molecule has 82 valence electrons. The Morgan fingerprint density at radius 1 is 1.53 bits per heavy atom. The van der Waals surface area contributed by atoms with Gasteiger partial charge in [-0.15, -0.1) is 0 Å². The first-order chi connectivity index (χ1) is 7.00. The maximum absolute atomic E-state index is 11.4. The largest absolute Gasteiger partial charge is 0.378 e. The van der Waals surface area contributed by atoms with Crippen LogP contribution in [0.5, 0.6) is 0 Å². The predicted molar refractivity (Wildman–Crippen MR) is 57.5 cm³/mol. The van der Waals surface area contributed by atoms with Crippen molar-refractivity contribution in [1.82, 2.24) is 10.3 Å². The van der Waals surface area contributed by atoms with Gasteiger partial charge in [-0.3, -0.25) is 9.78 Å². The minimum Gasteiger partial charge on any atom is -0.378 e. The number of carbonyl (C=O) groups is 1. The topological polar surface area (TPSA) is 62.2 Å². The Hall–Kier alpha value is -1.13. The Labute approximate surface area is 93.3 Å². The average Bonchev–Trinajstić information content (AvgIpc) is 2.15. The molecule has 0 aliphatic heterocycles. The maximum Gasteiger partial charge on any atom is 0.253 e. The highest BCUT2D eigenvalue weighted by Crippen LogP contribution is 2.16. The van der Waals surface area contributed by atoms with E-state index in [1.165, 1.54) is 18.5 Å². The summed E-state index contributed by atoms with van der Waals surface area (Å²) < 4.78 is 0. The van der Waals surface area contributed by atoms with Gasteiger partial charge >= 0.3 is 0 Å². The molecule has 2 N–H and O–H groups in total. The zero-order chi connectivity index (χ0) is 11.4. The van der Waals surface area contributed by atoms with E-state index in [0.29, 0.717) is 10.6 Å². The van der Waals surface area contributed by atoms with Gasteiger partial charge < -0.3 is 10.4 Å².